The van der Waals surface area contributed by atoms with E-state index in [2.05, 4.69) is 9.62 Å². The fourth-order valence-corrected chi connectivity index (χ4v) is 7.56. The molecule has 2 saturated heterocycles. The predicted molar refractivity (Wildman–Crippen MR) is 125 cm³/mol. The third-order valence-corrected chi connectivity index (χ3v) is 9.98. The van der Waals surface area contributed by atoms with Crippen molar-refractivity contribution in [2.45, 2.75) is 43.0 Å². The molecule has 174 valence electrons. The van der Waals surface area contributed by atoms with Crippen molar-refractivity contribution < 1.29 is 21.6 Å². The Morgan fingerprint density at radius 1 is 1.03 bits per heavy atom. The van der Waals surface area contributed by atoms with E-state index < -0.39 is 26.0 Å². The highest BCUT2D eigenvalue weighted by atomic mass is 32.2. The fraction of sp³-hybridized carbons (Fsp3) is 0.476. The van der Waals surface area contributed by atoms with Gasteiger partial charge in [0.05, 0.1) is 22.4 Å². The zero-order chi connectivity index (χ0) is 22.8. The maximum Gasteiger partial charge on any atom is 0.242 e. The number of anilines is 1. The number of rotatable bonds is 7. The van der Waals surface area contributed by atoms with Gasteiger partial charge in [-0.1, -0.05) is 18.9 Å². The molecule has 1 atom stereocenters. The lowest BCUT2D eigenvalue weighted by Crippen LogP contribution is -2.38. The molecule has 0 unspecified atom stereocenters. The molecule has 2 fully saturated rings. The second-order valence-corrected chi connectivity index (χ2v) is 12.7. The molecule has 8 nitrogen and oxygen atoms in total. The average Bonchev–Trinajstić information content (AvgIpc) is 3.28. The topological polar surface area (TPSA) is 104 Å². The number of hydrogen-bond donors (Lipinski definition) is 1. The summed E-state index contributed by atoms with van der Waals surface area (Å²) < 4.78 is 53.6. The summed E-state index contributed by atoms with van der Waals surface area (Å²) in [6, 6.07) is 9.38. The van der Waals surface area contributed by atoms with Crippen LogP contribution in [-0.4, -0.2) is 53.0 Å². The monoisotopic (exact) mass is 497 g/mol. The Morgan fingerprint density at radius 2 is 1.72 bits per heavy atom. The molecule has 0 saturated carbocycles. The van der Waals surface area contributed by atoms with Crippen LogP contribution in [-0.2, 0) is 24.8 Å². The number of sulfonamides is 2. The van der Waals surface area contributed by atoms with Gasteiger partial charge in [-0.3, -0.25) is 9.69 Å². The molecule has 0 aliphatic carbocycles. The van der Waals surface area contributed by atoms with Crippen molar-refractivity contribution in [1.82, 2.24) is 9.62 Å². The summed E-state index contributed by atoms with van der Waals surface area (Å²) in [4.78, 5) is 15.5. The molecule has 11 heteroatoms. The third kappa shape index (κ3) is 5.07. The van der Waals surface area contributed by atoms with Crippen molar-refractivity contribution in [3.8, 4) is 0 Å². The summed E-state index contributed by atoms with van der Waals surface area (Å²) in [6.07, 6.45) is 4.54. The maximum atomic E-state index is 13.0. The van der Waals surface area contributed by atoms with Gasteiger partial charge >= 0.3 is 0 Å². The fourth-order valence-electron chi connectivity index (χ4n) is 4.20. The van der Waals surface area contributed by atoms with Gasteiger partial charge in [-0.15, -0.1) is 11.3 Å². The van der Waals surface area contributed by atoms with Gasteiger partial charge in [0.1, 0.15) is 0 Å². The van der Waals surface area contributed by atoms with E-state index >= 15 is 0 Å². The lowest BCUT2D eigenvalue weighted by Gasteiger charge is -2.30. The Balaban J connectivity index is 1.50. The maximum absolute atomic E-state index is 13.0. The zero-order valence-corrected chi connectivity index (χ0v) is 20.1. The van der Waals surface area contributed by atoms with Crippen LogP contribution in [0, 0.1) is 0 Å². The molecular weight excluding hydrogens is 470 g/mol. The molecule has 32 heavy (non-hydrogen) atoms. The van der Waals surface area contributed by atoms with Crippen LogP contribution in [0.25, 0.3) is 0 Å². The van der Waals surface area contributed by atoms with E-state index in [0.29, 0.717) is 0 Å². The molecule has 2 aliphatic rings. The van der Waals surface area contributed by atoms with Crippen LogP contribution in [0.4, 0.5) is 5.69 Å². The van der Waals surface area contributed by atoms with Gasteiger partial charge in [-0.05, 0) is 61.6 Å². The van der Waals surface area contributed by atoms with Crippen LogP contribution in [0.1, 0.15) is 43.0 Å². The number of amides is 1. The highest BCUT2D eigenvalue weighted by molar-refractivity contribution is 7.94. The van der Waals surface area contributed by atoms with E-state index in [-0.39, 0.29) is 35.3 Å². The lowest BCUT2D eigenvalue weighted by molar-refractivity contribution is -0.116. The van der Waals surface area contributed by atoms with Crippen LogP contribution in [0.3, 0.4) is 0 Å². The first-order valence-corrected chi connectivity index (χ1v) is 14.7. The van der Waals surface area contributed by atoms with E-state index in [4.69, 9.17) is 0 Å². The number of carbonyl (C=O) groups is 1. The Labute approximate surface area is 193 Å². The van der Waals surface area contributed by atoms with E-state index in [1.54, 1.807) is 11.3 Å². The molecule has 3 heterocycles. The van der Waals surface area contributed by atoms with Gasteiger partial charge in [0.25, 0.3) is 0 Å². The van der Waals surface area contributed by atoms with Crippen molar-refractivity contribution in [1.29, 1.82) is 0 Å². The number of hydrogen-bond acceptors (Lipinski definition) is 7. The Hall–Kier alpha value is -1.79. The molecule has 4 rings (SSSR count). The number of nitrogens with zero attached hydrogens (tertiary/aromatic N) is 2. The second-order valence-electron chi connectivity index (χ2n) is 8.05. The van der Waals surface area contributed by atoms with Crippen LogP contribution in [0.15, 0.2) is 46.7 Å². The van der Waals surface area contributed by atoms with Gasteiger partial charge in [0.2, 0.25) is 26.0 Å². The van der Waals surface area contributed by atoms with Crippen LogP contribution < -0.4 is 9.03 Å². The summed E-state index contributed by atoms with van der Waals surface area (Å²) in [6.45, 7) is 2.14. The highest BCUT2D eigenvalue weighted by Crippen LogP contribution is 2.29. The minimum Gasteiger partial charge on any atom is -0.294 e. The van der Waals surface area contributed by atoms with Crippen molar-refractivity contribution >= 4 is 43.0 Å². The average molecular weight is 498 g/mol. The minimum absolute atomic E-state index is 0.0329. The molecular formula is C21H27N3O5S3. The van der Waals surface area contributed by atoms with Gasteiger partial charge in [-0.25, -0.2) is 25.9 Å². The number of likely N-dealkylation sites (tertiary alicyclic amines) is 1. The SMILES string of the molecule is O=C1CCS(=O)(=O)N1c1ccc(S(=O)(=O)NC[C@@H](c2cccs2)N2CCCCCC2)cc1. The lowest BCUT2D eigenvalue weighted by atomic mass is 10.2. The van der Waals surface area contributed by atoms with E-state index in [1.165, 1.54) is 37.1 Å². The number of carbonyl (C=O) groups excluding carboxylic acids is 1. The molecule has 1 aromatic carbocycles. The van der Waals surface area contributed by atoms with E-state index in [1.807, 2.05) is 17.5 Å². The Kier molecular flexibility index (Phi) is 7.01. The van der Waals surface area contributed by atoms with Gasteiger partial charge < -0.3 is 0 Å². The van der Waals surface area contributed by atoms with Crippen LogP contribution >= 0.6 is 11.3 Å². The smallest absolute Gasteiger partial charge is 0.242 e. The zero-order valence-electron chi connectivity index (χ0n) is 17.6. The van der Waals surface area contributed by atoms with E-state index in [9.17, 15) is 21.6 Å². The van der Waals surface area contributed by atoms with Crippen LogP contribution in [0.5, 0.6) is 0 Å². The Bertz CT molecular complexity index is 1140. The molecule has 1 amide bonds. The largest absolute Gasteiger partial charge is 0.294 e. The van der Waals surface area contributed by atoms with Crippen LogP contribution in [0.2, 0.25) is 0 Å². The van der Waals surface area contributed by atoms with E-state index in [0.717, 1.165) is 35.1 Å². The number of benzene rings is 1. The third-order valence-electron chi connectivity index (χ3n) is 5.88. The quantitative estimate of drug-likeness (QED) is 0.631. The summed E-state index contributed by atoms with van der Waals surface area (Å²) in [5.41, 5.74) is 0.160. The molecule has 1 aromatic heterocycles. The van der Waals surface area contributed by atoms with Crippen molar-refractivity contribution in [2.75, 3.05) is 29.7 Å². The van der Waals surface area contributed by atoms with Crippen molar-refractivity contribution in [3.63, 3.8) is 0 Å². The molecule has 2 aliphatic heterocycles. The highest BCUT2D eigenvalue weighted by Gasteiger charge is 2.36. The second kappa shape index (κ2) is 9.60. The van der Waals surface area contributed by atoms with Gasteiger partial charge in [0.15, 0.2) is 0 Å². The summed E-state index contributed by atoms with van der Waals surface area (Å²) in [7, 11) is -7.49. The summed E-state index contributed by atoms with van der Waals surface area (Å²) in [5, 5.41) is 2.00. The standard InChI is InChI=1S/C21H27N3O5S3/c25-21-11-15-31(26,27)24(21)17-7-9-18(10-8-17)32(28,29)22-16-19(20-6-5-14-30-20)23-12-3-1-2-4-13-23/h5-10,14,19,22H,1-4,11-13,15-16H2/t19-/m0/s1. The molecule has 0 spiro atoms. The Morgan fingerprint density at radius 3 is 2.28 bits per heavy atom. The summed E-state index contributed by atoms with van der Waals surface area (Å²) >= 11 is 1.62. The van der Waals surface area contributed by atoms with Gasteiger partial charge in [-0.2, -0.15) is 0 Å². The molecule has 0 radical (unpaired) electrons. The first kappa shape index (κ1) is 23.4. The molecule has 1 N–H and O–H groups in total. The minimum atomic E-state index is -3.80. The first-order valence-electron chi connectivity index (χ1n) is 10.7. The summed E-state index contributed by atoms with van der Waals surface area (Å²) in [5.74, 6) is -0.733. The molecule has 2 aromatic rings. The normalized spacial score (nSPS) is 20.9. The van der Waals surface area contributed by atoms with Gasteiger partial charge in [0, 0.05) is 17.8 Å². The number of nitrogens with one attached hydrogen (secondary N) is 1. The van der Waals surface area contributed by atoms with Crippen molar-refractivity contribution in [2.24, 2.45) is 0 Å². The first-order chi connectivity index (χ1) is 15.3. The number of thiophene rings is 1. The van der Waals surface area contributed by atoms with Crippen molar-refractivity contribution in [3.05, 3.63) is 46.7 Å². The molecule has 0 bridgehead atoms. The predicted octanol–water partition coefficient (Wildman–Crippen LogP) is 2.71.